The van der Waals surface area contributed by atoms with Crippen LogP contribution in [0.15, 0.2) is 48.5 Å². The molecule has 0 aromatic heterocycles. The third kappa shape index (κ3) is 8.43. The first-order chi connectivity index (χ1) is 18.0. The number of ether oxygens (including phenoxy) is 2. The normalized spacial score (nSPS) is 19.2. The fraction of sp³-hybridized carbons (Fsp3) is 0.500. The molecule has 8 nitrogen and oxygen atoms in total. The van der Waals surface area contributed by atoms with Crippen molar-refractivity contribution in [1.29, 1.82) is 0 Å². The van der Waals surface area contributed by atoms with Gasteiger partial charge in [0.1, 0.15) is 11.6 Å². The molecular formula is C28H37FN4O4. The molecule has 0 unspecified atom stereocenters. The average molecular weight is 513 g/mol. The van der Waals surface area contributed by atoms with E-state index in [1.807, 2.05) is 29.2 Å². The van der Waals surface area contributed by atoms with Crippen molar-refractivity contribution in [2.45, 2.75) is 31.7 Å². The number of hydrogen-bond donors (Lipinski definition) is 2. The lowest BCUT2D eigenvalue weighted by molar-refractivity contribution is -0.133. The van der Waals surface area contributed by atoms with Gasteiger partial charge in [-0.1, -0.05) is 18.2 Å². The highest BCUT2D eigenvalue weighted by Crippen LogP contribution is 2.22. The summed E-state index contributed by atoms with van der Waals surface area (Å²) < 4.78 is 24.0. The number of rotatable bonds is 9. The van der Waals surface area contributed by atoms with Gasteiger partial charge in [0.15, 0.2) is 0 Å². The molecule has 2 saturated heterocycles. The molecule has 2 aromatic carbocycles. The van der Waals surface area contributed by atoms with Crippen LogP contribution in [0.3, 0.4) is 0 Å². The Balaban J connectivity index is 1.35. The van der Waals surface area contributed by atoms with E-state index in [4.69, 9.17) is 9.47 Å². The van der Waals surface area contributed by atoms with Gasteiger partial charge in [-0.25, -0.2) is 9.18 Å². The summed E-state index contributed by atoms with van der Waals surface area (Å²) in [6.45, 7) is 4.81. The molecule has 2 N–H and O–H groups in total. The Kier molecular flexibility index (Phi) is 9.73. The summed E-state index contributed by atoms with van der Waals surface area (Å²) in [5, 5.41) is 5.87. The lowest BCUT2D eigenvalue weighted by Crippen LogP contribution is -2.51. The first-order valence-electron chi connectivity index (χ1n) is 13.0. The maximum absolute atomic E-state index is 13.4. The predicted molar refractivity (Wildman–Crippen MR) is 140 cm³/mol. The van der Waals surface area contributed by atoms with E-state index in [9.17, 15) is 14.0 Å². The molecule has 2 atom stereocenters. The number of hydrogen-bond acceptors (Lipinski definition) is 5. The quantitative estimate of drug-likeness (QED) is 0.537. The smallest absolute Gasteiger partial charge is 0.319 e. The number of piperidine rings is 1. The van der Waals surface area contributed by atoms with Crippen LogP contribution >= 0.6 is 0 Å². The number of morpholine rings is 1. The number of nitrogens with zero attached hydrogens (tertiary/aromatic N) is 2. The zero-order valence-corrected chi connectivity index (χ0v) is 21.5. The van der Waals surface area contributed by atoms with Gasteiger partial charge < -0.3 is 25.0 Å². The number of carbonyl (C=O) groups is 2. The number of carbonyl (C=O) groups excluding carboxylic acids is 2. The highest BCUT2D eigenvalue weighted by Gasteiger charge is 2.28. The molecular weight excluding hydrogens is 475 g/mol. The second kappa shape index (κ2) is 13.4. The standard InChI is InChI=1S/C28H37FN4O4/c1-36-26-6-2-5-24(17-26)30-28(35)31-25(20-32-12-14-37-15-13-32)18-27(34)33-11-3-4-22(19-33)16-21-7-9-23(29)10-8-21/h2,5-10,17,22,25H,3-4,11-16,18-20H2,1H3,(H2,30,31,35)/t22-,25-/m0/s1. The SMILES string of the molecule is COc1cccc(NC(=O)N[C@@H](CC(=O)N2CCC[C@@H](Cc3ccc(F)cc3)C2)CN2CCOCC2)c1. The van der Waals surface area contributed by atoms with Crippen molar-refractivity contribution in [2.75, 3.05) is 58.4 Å². The van der Waals surface area contributed by atoms with Crippen molar-refractivity contribution in [2.24, 2.45) is 5.92 Å². The molecule has 4 rings (SSSR count). The molecule has 2 aromatic rings. The van der Waals surface area contributed by atoms with E-state index in [-0.39, 0.29) is 30.2 Å². The summed E-state index contributed by atoms with van der Waals surface area (Å²) in [4.78, 5) is 30.3. The molecule has 2 fully saturated rings. The number of nitrogens with one attached hydrogen (secondary N) is 2. The minimum atomic E-state index is -0.354. The van der Waals surface area contributed by atoms with Gasteiger partial charge in [-0.2, -0.15) is 0 Å². The van der Waals surface area contributed by atoms with Crippen molar-refractivity contribution in [3.05, 3.63) is 59.9 Å². The number of halogens is 1. The molecule has 9 heteroatoms. The Hall–Kier alpha value is -3.17. The second-order valence-corrected chi connectivity index (χ2v) is 9.82. The molecule has 0 aliphatic carbocycles. The van der Waals surface area contributed by atoms with E-state index < -0.39 is 0 Å². The van der Waals surface area contributed by atoms with Crippen LogP contribution in [0.2, 0.25) is 0 Å². The zero-order valence-electron chi connectivity index (χ0n) is 21.5. The Bertz CT molecular complexity index is 1030. The van der Waals surface area contributed by atoms with E-state index in [1.54, 1.807) is 19.2 Å². The van der Waals surface area contributed by atoms with E-state index in [0.717, 1.165) is 44.5 Å². The van der Waals surface area contributed by atoms with Crippen LogP contribution < -0.4 is 15.4 Å². The number of amides is 3. The van der Waals surface area contributed by atoms with E-state index >= 15 is 0 Å². The van der Waals surface area contributed by atoms with Crippen LogP contribution in [0.25, 0.3) is 0 Å². The molecule has 2 aliphatic rings. The van der Waals surface area contributed by atoms with Gasteiger partial charge >= 0.3 is 6.03 Å². The Morgan fingerprint density at radius 1 is 1.14 bits per heavy atom. The van der Waals surface area contributed by atoms with Gasteiger partial charge in [0, 0.05) is 50.9 Å². The summed E-state index contributed by atoms with van der Waals surface area (Å²) in [6.07, 6.45) is 3.03. The van der Waals surface area contributed by atoms with Crippen LogP contribution in [0, 0.1) is 11.7 Å². The van der Waals surface area contributed by atoms with Gasteiger partial charge in [0.25, 0.3) is 0 Å². The van der Waals surface area contributed by atoms with Crippen molar-refractivity contribution >= 4 is 17.6 Å². The van der Waals surface area contributed by atoms with Crippen molar-refractivity contribution < 1.29 is 23.5 Å². The lowest BCUT2D eigenvalue weighted by atomic mass is 9.91. The summed E-state index contributed by atoms with van der Waals surface area (Å²) in [7, 11) is 1.58. The van der Waals surface area contributed by atoms with Gasteiger partial charge in [0.2, 0.25) is 5.91 Å². The van der Waals surface area contributed by atoms with Crippen molar-refractivity contribution in [3.8, 4) is 5.75 Å². The summed E-state index contributed by atoms with van der Waals surface area (Å²) in [5.41, 5.74) is 1.70. The van der Waals surface area contributed by atoms with Gasteiger partial charge in [-0.15, -0.1) is 0 Å². The Labute approximate surface area is 218 Å². The summed E-state index contributed by atoms with van der Waals surface area (Å²) in [5.74, 6) is 0.797. The van der Waals surface area contributed by atoms with Gasteiger partial charge in [0.05, 0.1) is 26.4 Å². The molecule has 2 aliphatic heterocycles. The van der Waals surface area contributed by atoms with Crippen LogP contribution in [-0.2, 0) is 16.0 Å². The molecule has 37 heavy (non-hydrogen) atoms. The number of methoxy groups -OCH3 is 1. The maximum atomic E-state index is 13.4. The Morgan fingerprint density at radius 3 is 2.68 bits per heavy atom. The highest BCUT2D eigenvalue weighted by atomic mass is 19.1. The molecule has 3 amide bonds. The van der Waals surface area contributed by atoms with Gasteiger partial charge in [-0.3, -0.25) is 9.69 Å². The summed E-state index contributed by atoms with van der Waals surface area (Å²) in [6, 6.07) is 13.1. The Morgan fingerprint density at radius 2 is 1.92 bits per heavy atom. The number of benzene rings is 2. The minimum Gasteiger partial charge on any atom is -0.497 e. The van der Waals surface area contributed by atoms with E-state index in [1.165, 1.54) is 12.1 Å². The van der Waals surface area contributed by atoms with Crippen molar-refractivity contribution in [1.82, 2.24) is 15.1 Å². The van der Waals surface area contributed by atoms with Crippen LogP contribution in [-0.4, -0.2) is 80.8 Å². The number of urea groups is 1. The van der Waals surface area contributed by atoms with E-state index in [0.29, 0.717) is 43.7 Å². The number of likely N-dealkylation sites (tertiary alicyclic amines) is 1. The molecule has 2 heterocycles. The zero-order chi connectivity index (χ0) is 26.0. The number of anilines is 1. The van der Waals surface area contributed by atoms with Crippen LogP contribution in [0.5, 0.6) is 5.75 Å². The fourth-order valence-corrected chi connectivity index (χ4v) is 5.06. The fourth-order valence-electron chi connectivity index (χ4n) is 5.06. The van der Waals surface area contributed by atoms with E-state index in [2.05, 4.69) is 15.5 Å². The largest absolute Gasteiger partial charge is 0.497 e. The molecule has 0 radical (unpaired) electrons. The second-order valence-electron chi connectivity index (χ2n) is 9.82. The highest BCUT2D eigenvalue weighted by molar-refractivity contribution is 5.90. The maximum Gasteiger partial charge on any atom is 0.319 e. The minimum absolute atomic E-state index is 0.0451. The third-order valence-corrected chi connectivity index (χ3v) is 6.98. The first kappa shape index (κ1) is 26.9. The third-order valence-electron chi connectivity index (χ3n) is 6.98. The predicted octanol–water partition coefficient (Wildman–Crippen LogP) is 3.53. The van der Waals surface area contributed by atoms with Gasteiger partial charge in [-0.05, 0) is 55.0 Å². The van der Waals surface area contributed by atoms with Crippen LogP contribution in [0.4, 0.5) is 14.9 Å². The molecule has 0 saturated carbocycles. The summed E-state index contributed by atoms with van der Waals surface area (Å²) >= 11 is 0. The molecule has 0 bridgehead atoms. The monoisotopic (exact) mass is 512 g/mol. The topological polar surface area (TPSA) is 83.1 Å². The average Bonchev–Trinajstić information content (AvgIpc) is 2.90. The molecule has 200 valence electrons. The lowest BCUT2D eigenvalue weighted by Gasteiger charge is -2.35. The molecule has 0 spiro atoms. The first-order valence-corrected chi connectivity index (χ1v) is 13.0. The van der Waals surface area contributed by atoms with Crippen LogP contribution in [0.1, 0.15) is 24.8 Å². The van der Waals surface area contributed by atoms with Crippen molar-refractivity contribution in [3.63, 3.8) is 0 Å².